The first kappa shape index (κ1) is 14.0. The van der Waals surface area contributed by atoms with E-state index in [4.69, 9.17) is 9.84 Å². The smallest absolute Gasteiger partial charge is 0.328 e. The van der Waals surface area contributed by atoms with Crippen LogP contribution in [-0.4, -0.2) is 18.2 Å². The van der Waals surface area contributed by atoms with E-state index in [1.165, 1.54) is 6.08 Å². The maximum atomic E-state index is 10.3. The van der Waals surface area contributed by atoms with Crippen LogP contribution in [0.1, 0.15) is 22.3 Å². The number of rotatable bonds is 4. The van der Waals surface area contributed by atoms with E-state index in [1.807, 2.05) is 32.9 Å². The second-order valence-corrected chi connectivity index (χ2v) is 4.12. The van der Waals surface area contributed by atoms with Crippen LogP contribution < -0.4 is 4.74 Å². The van der Waals surface area contributed by atoms with Crippen molar-refractivity contribution in [3.05, 3.63) is 46.5 Å². The number of carboxylic acid groups (broad SMARTS) is 1. The molecule has 1 aromatic carbocycles. The predicted octanol–water partition coefficient (Wildman–Crippen LogP) is 3.27. The highest BCUT2D eigenvalue weighted by molar-refractivity contribution is 5.80. The van der Waals surface area contributed by atoms with Gasteiger partial charge in [0.2, 0.25) is 0 Å². The summed E-state index contributed by atoms with van der Waals surface area (Å²) in [6, 6.07) is 1.99. The fourth-order valence-electron chi connectivity index (χ4n) is 1.82. The third-order valence-corrected chi connectivity index (χ3v) is 2.94. The lowest BCUT2D eigenvalue weighted by molar-refractivity contribution is -0.131. The van der Waals surface area contributed by atoms with Crippen LogP contribution in [0.25, 0.3) is 6.08 Å². The number of aryl methyl sites for hydroxylation is 1. The van der Waals surface area contributed by atoms with E-state index in [1.54, 1.807) is 13.2 Å². The molecule has 0 aliphatic heterocycles. The molecule has 1 aromatic rings. The largest absolute Gasteiger partial charge is 0.496 e. The molecule has 0 heterocycles. The minimum atomic E-state index is -0.945. The van der Waals surface area contributed by atoms with Crippen molar-refractivity contribution in [1.82, 2.24) is 0 Å². The van der Waals surface area contributed by atoms with Gasteiger partial charge in [0.1, 0.15) is 5.75 Å². The van der Waals surface area contributed by atoms with Crippen LogP contribution in [0.3, 0.4) is 0 Å². The average molecular weight is 246 g/mol. The standard InChI is InChI=1S/C15H18O3/c1-10-9-14(18-4)12(3)11(2)13(10)7-5-6-8-15(16)17/h5-9H,1-4H3,(H,16,17)/b7-5+,8-6+. The maximum absolute atomic E-state index is 10.3. The van der Waals surface area contributed by atoms with Crippen LogP contribution >= 0.6 is 0 Å². The third-order valence-electron chi connectivity index (χ3n) is 2.94. The Balaban J connectivity index is 3.11. The Bertz CT molecular complexity index is 511. The Morgan fingerprint density at radius 3 is 2.44 bits per heavy atom. The zero-order chi connectivity index (χ0) is 13.7. The first-order chi connectivity index (χ1) is 8.47. The highest BCUT2D eigenvalue weighted by atomic mass is 16.5. The summed E-state index contributed by atoms with van der Waals surface area (Å²) in [5, 5.41) is 8.50. The van der Waals surface area contributed by atoms with Gasteiger partial charge in [-0.15, -0.1) is 0 Å². The zero-order valence-electron chi connectivity index (χ0n) is 11.2. The molecule has 0 spiro atoms. The number of allylic oxidation sites excluding steroid dienone is 2. The van der Waals surface area contributed by atoms with Crippen LogP contribution in [0.2, 0.25) is 0 Å². The lowest BCUT2D eigenvalue weighted by atomic mass is 9.97. The summed E-state index contributed by atoms with van der Waals surface area (Å²) in [6.45, 7) is 6.05. The Kier molecular flexibility index (Phi) is 4.72. The molecule has 0 atom stereocenters. The van der Waals surface area contributed by atoms with Crippen LogP contribution in [0.5, 0.6) is 5.75 Å². The second-order valence-electron chi connectivity index (χ2n) is 4.12. The van der Waals surface area contributed by atoms with Crippen molar-refractivity contribution in [3.8, 4) is 5.75 Å². The van der Waals surface area contributed by atoms with Crippen LogP contribution in [-0.2, 0) is 4.79 Å². The summed E-state index contributed by atoms with van der Waals surface area (Å²) in [5.41, 5.74) is 4.45. The van der Waals surface area contributed by atoms with E-state index in [0.717, 1.165) is 34.1 Å². The first-order valence-electron chi connectivity index (χ1n) is 5.69. The number of methoxy groups -OCH3 is 1. The fraction of sp³-hybridized carbons (Fsp3) is 0.267. The summed E-state index contributed by atoms with van der Waals surface area (Å²) >= 11 is 0. The van der Waals surface area contributed by atoms with Crippen LogP contribution in [0.4, 0.5) is 0 Å². The Morgan fingerprint density at radius 2 is 1.89 bits per heavy atom. The minimum absolute atomic E-state index is 0.878. The summed E-state index contributed by atoms with van der Waals surface area (Å²) in [4.78, 5) is 10.3. The highest BCUT2D eigenvalue weighted by Gasteiger charge is 2.07. The van der Waals surface area contributed by atoms with Crippen molar-refractivity contribution in [2.45, 2.75) is 20.8 Å². The molecule has 0 radical (unpaired) electrons. The average Bonchev–Trinajstić information content (AvgIpc) is 2.32. The zero-order valence-corrected chi connectivity index (χ0v) is 11.2. The SMILES string of the molecule is COc1cc(C)c(/C=C/C=C/C(=O)O)c(C)c1C. The Labute approximate surface area is 107 Å². The molecule has 0 aliphatic rings. The van der Waals surface area contributed by atoms with E-state index >= 15 is 0 Å². The van der Waals surface area contributed by atoms with Gasteiger partial charge in [-0.2, -0.15) is 0 Å². The van der Waals surface area contributed by atoms with E-state index in [-0.39, 0.29) is 0 Å². The summed E-state index contributed by atoms with van der Waals surface area (Å²) in [6.07, 6.45) is 6.27. The van der Waals surface area contributed by atoms with Gasteiger partial charge in [0.25, 0.3) is 0 Å². The number of hydrogen-bond acceptors (Lipinski definition) is 2. The molecule has 3 heteroatoms. The van der Waals surface area contributed by atoms with E-state index < -0.39 is 5.97 Å². The van der Waals surface area contributed by atoms with Gasteiger partial charge in [-0.05, 0) is 49.1 Å². The predicted molar refractivity (Wildman–Crippen MR) is 73.0 cm³/mol. The molecule has 0 aliphatic carbocycles. The number of carbonyl (C=O) groups is 1. The van der Waals surface area contributed by atoms with Crippen molar-refractivity contribution in [2.75, 3.05) is 7.11 Å². The third kappa shape index (κ3) is 3.23. The number of ether oxygens (including phenoxy) is 1. The molecule has 1 rings (SSSR count). The molecule has 0 saturated heterocycles. The van der Waals surface area contributed by atoms with Gasteiger partial charge in [-0.1, -0.05) is 18.2 Å². The van der Waals surface area contributed by atoms with Crippen molar-refractivity contribution in [3.63, 3.8) is 0 Å². The highest BCUT2D eigenvalue weighted by Crippen LogP contribution is 2.28. The minimum Gasteiger partial charge on any atom is -0.496 e. The van der Waals surface area contributed by atoms with E-state index in [2.05, 4.69) is 0 Å². The van der Waals surface area contributed by atoms with Gasteiger partial charge in [-0.3, -0.25) is 0 Å². The molecule has 0 saturated carbocycles. The molecule has 0 bridgehead atoms. The topological polar surface area (TPSA) is 46.5 Å². The normalized spacial score (nSPS) is 11.3. The first-order valence-corrected chi connectivity index (χ1v) is 5.69. The van der Waals surface area contributed by atoms with Gasteiger partial charge in [0.15, 0.2) is 0 Å². The molecule has 0 amide bonds. The molecule has 3 nitrogen and oxygen atoms in total. The number of aliphatic carboxylic acids is 1. The molecule has 1 N–H and O–H groups in total. The molecular weight excluding hydrogens is 228 g/mol. The molecule has 0 fully saturated rings. The Hall–Kier alpha value is -2.03. The monoisotopic (exact) mass is 246 g/mol. The van der Waals surface area contributed by atoms with Crippen molar-refractivity contribution >= 4 is 12.0 Å². The number of hydrogen-bond donors (Lipinski definition) is 1. The fourth-order valence-corrected chi connectivity index (χ4v) is 1.82. The van der Waals surface area contributed by atoms with Crippen LogP contribution in [0, 0.1) is 20.8 Å². The Morgan fingerprint density at radius 1 is 1.22 bits per heavy atom. The summed E-state index contributed by atoms with van der Waals surface area (Å²) in [7, 11) is 1.66. The van der Waals surface area contributed by atoms with Crippen LogP contribution in [0.15, 0.2) is 24.3 Å². The molecular formula is C15H18O3. The van der Waals surface area contributed by atoms with E-state index in [9.17, 15) is 4.79 Å². The van der Waals surface area contributed by atoms with Gasteiger partial charge < -0.3 is 9.84 Å². The molecule has 0 unspecified atom stereocenters. The van der Waals surface area contributed by atoms with Crippen molar-refractivity contribution in [2.24, 2.45) is 0 Å². The number of benzene rings is 1. The van der Waals surface area contributed by atoms with Gasteiger partial charge in [0.05, 0.1) is 7.11 Å². The molecule has 96 valence electrons. The maximum Gasteiger partial charge on any atom is 0.328 e. The van der Waals surface area contributed by atoms with Gasteiger partial charge >= 0.3 is 5.97 Å². The lowest BCUT2D eigenvalue weighted by Crippen LogP contribution is -1.95. The molecule has 18 heavy (non-hydrogen) atoms. The van der Waals surface area contributed by atoms with Crippen molar-refractivity contribution in [1.29, 1.82) is 0 Å². The summed E-state index contributed by atoms with van der Waals surface area (Å²) in [5.74, 6) is -0.0674. The number of carboxylic acids is 1. The van der Waals surface area contributed by atoms with Gasteiger partial charge in [-0.25, -0.2) is 4.79 Å². The van der Waals surface area contributed by atoms with Crippen molar-refractivity contribution < 1.29 is 14.6 Å². The quantitative estimate of drug-likeness (QED) is 0.655. The lowest BCUT2D eigenvalue weighted by Gasteiger charge is -2.13. The second kappa shape index (κ2) is 6.05. The summed E-state index contributed by atoms with van der Waals surface area (Å²) < 4.78 is 5.30. The van der Waals surface area contributed by atoms with E-state index in [0.29, 0.717) is 0 Å². The molecule has 0 aromatic heterocycles. The van der Waals surface area contributed by atoms with Gasteiger partial charge in [0, 0.05) is 6.08 Å².